The summed E-state index contributed by atoms with van der Waals surface area (Å²) in [6, 6.07) is 0. The molecule has 0 heterocycles. The van der Waals surface area contributed by atoms with E-state index in [4.69, 9.17) is 5.11 Å². The van der Waals surface area contributed by atoms with Crippen molar-refractivity contribution in [3.63, 3.8) is 0 Å². The number of ketones is 1. The molecule has 1 unspecified atom stereocenters. The van der Waals surface area contributed by atoms with E-state index in [0.717, 1.165) is 19.3 Å². The average Bonchev–Trinajstić information content (AvgIpc) is 2.44. The minimum Gasteiger partial charge on any atom is -1.00 e. The van der Waals surface area contributed by atoms with Gasteiger partial charge in [-0.3, -0.25) is 9.79 Å². The maximum atomic E-state index is 11.8. The second kappa shape index (κ2) is 13.5. The van der Waals surface area contributed by atoms with E-state index in [0.29, 0.717) is 0 Å². The summed E-state index contributed by atoms with van der Waals surface area (Å²) in [6.45, 7) is 6.74. The Morgan fingerprint density at radius 2 is 1.48 bits per heavy atom. The molecular formula is C16H30NNaO3. The van der Waals surface area contributed by atoms with E-state index in [1.165, 1.54) is 45.4 Å². The second-order valence-electron chi connectivity index (χ2n) is 5.54. The van der Waals surface area contributed by atoms with Crippen LogP contribution in [0.4, 0.5) is 0 Å². The Bertz CT molecular complexity index is 327. The maximum Gasteiger partial charge on any atom is 1.00 e. The van der Waals surface area contributed by atoms with Crippen molar-refractivity contribution in [1.29, 1.82) is 0 Å². The number of nitrogens with zero attached hydrogens (tertiary/aromatic N) is 1. The van der Waals surface area contributed by atoms with Gasteiger partial charge >= 0.3 is 35.5 Å². The molecule has 5 heteroatoms. The summed E-state index contributed by atoms with van der Waals surface area (Å²) in [7, 11) is 0. The molecule has 0 aromatic rings. The number of hydrogen-bond acceptors (Lipinski definition) is 3. The predicted octanol–water partition coefficient (Wildman–Crippen LogP) is 1.14. The summed E-state index contributed by atoms with van der Waals surface area (Å²) in [5.74, 6) is -1.56. The van der Waals surface area contributed by atoms with Crippen LogP contribution in [0.15, 0.2) is 4.99 Å². The maximum absolute atomic E-state index is 11.8. The number of rotatable bonds is 13. The van der Waals surface area contributed by atoms with Gasteiger partial charge in [0.1, 0.15) is 0 Å². The molecule has 0 rings (SSSR count). The number of carboxylic acids is 1. The number of carboxylic acid groups (broad SMARTS) is 1. The van der Waals surface area contributed by atoms with E-state index in [2.05, 4.69) is 18.6 Å². The fourth-order valence-corrected chi connectivity index (χ4v) is 2.11. The van der Waals surface area contributed by atoms with Crippen LogP contribution in [0.1, 0.15) is 79.5 Å². The molecule has 4 nitrogen and oxygen atoms in total. The van der Waals surface area contributed by atoms with E-state index >= 15 is 0 Å². The fraction of sp³-hybridized carbons (Fsp3) is 0.812. The molecule has 0 aromatic heterocycles. The molecule has 0 spiro atoms. The molecule has 21 heavy (non-hydrogen) atoms. The standard InChI is InChI=1S/C16H29NO3.Na.H/c1-4-5-6-7-8-9-10-11-12-13-14(18)16(2,17-3)15(19)20;;/h3-13H2,1-2H3,(H,19,20);;/q;+1;-1. The van der Waals surface area contributed by atoms with Gasteiger partial charge in [0.05, 0.1) is 0 Å². The van der Waals surface area contributed by atoms with Gasteiger partial charge in [-0.25, -0.2) is 4.79 Å². The number of carbonyl (C=O) groups excluding carboxylic acids is 1. The van der Waals surface area contributed by atoms with Crippen molar-refractivity contribution < 1.29 is 45.7 Å². The van der Waals surface area contributed by atoms with Gasteiger partial charge in [0, 0.05) is 6.42 Å². The van der Waals surface area contributed by atoms with Crippen LogP contribution in [0.2, 0.25) is 0 Å². The first kappa shape index (κ1) is 23.1. The summed E-state index contributed by atoms with van der Waals surface area (Å²) in [6.07, 6.45) is 10.8. The van der Waals surface area contributed by atoms with E-state index < -0.39 is 11.5 Å². The number of aliphatic imine (C=N–C) groups is 1. The van der Waals surface area contributed by atoms with E-state index in [1.54, 1.807) is 0 Å². The van der Waals surface area contributed by atoms with Gasteiger partial charge in [-0.05, 0) is 20.1 Å². The van der Waals surface area contributed by atoms with Gasteiger partial charge in [-0.2, -0.15) is 0 Å². The molecule has 0 aliphatic heterocycles. The Kier molecular flexibility index (Phi) is 14.8. The zero-order chi connectivity index (χ0) is 15.4. The van der Waals surface area contributed by atoms with Crippen LogP contribution >= 0.6 is 0 Å². The number of unbranched alkanes of at least 4 members (excludes halogenated alkanes) is 8. The molecule has 0 aromatic carbocycles. The van der Waals surface area contributed by atoms with Crippen molar-refractivity contribution >= 4 is 18.5 Å². The fourth-order valence-electron chi connectivity index (χ4n) is 2.11. The molecule has 0 fully saturated rings. The number of carbonyl (C=O) groups is 2. The SMILES string of the molecule is C=NC(C)(C(=O)O)C(=O)CCCCCCCCCCC.[H-].[Na+]. The second-order valence-corrected chi connectivity index (χ2v) is 5.54. The topological polar surface area (TPSA) is 66.7 Å². The Balaban J connectivity index is -0.00000180. The molecule has 0 aliphatic carbocycles. The van der Waals surface area contributed by atoms with Crippen LogP contribution in [0.3, 0.4) is 0 Å². The van der Waals surface area contributed by atoms with Crippen molar-refractivity contribution in [3.8, 4) is 0 Å². The zero-order valence-electron chi connectivity index (χ0n) is 15.0. The Labute approximate surface area is 152 Å². The molecule has 1 N–H and O–H groups in total. The Morgan fingerprint density at radius 1 is 1.05 bits per heavy atom. The first-order chi connectivity index (χ1) is 9.49. The van der Waals surface area contributed by atoms with Crippen LogP contribution in [0.25, 0.3) is 0 Å². The third-order valence-electron chi connectivity index (χ3n) is 3.78. The van der Waals surface area contributed by atoms with Crippen LogP contribution in [-0.4, -0.2) is 29.1 Å². The summed E-state index contributed by atoms with van der Waals surface area (Å²) >= 11 is 0. The molecule has 0 aliphatic rings. The molecular weight excluding hydrogens is 277 g/mol. The van der Waals surface area contributed by atoms with Gasteiger partial charge in [0.2, 0.25) is 5.54 Å². The zero-order valence-corrected chi connectivity index (χ0v) is 16.0. The minimum atomic E-state index is -1.67. The van der Waals surface area contributed by atoms with Gasteiger partial charge in [-0.15, -0.1) is 0 Å². The molecule has 0 radical (unpaired) electrons. The molecule has 0 bridgehead atoms. The van der Waals surface area contributed by atoms with Crippen LogP contribution in [0, 0.1) is 0 Å². The van der Waals surface area contributed by atoms with Gasteiger partial charge < -0.3 is 6.53 Å². The van der Waals surface area contributed by atoms with Crippen molar-refractivity contribution in [2.45, 2.75) is 83.6 Å². The third kappa shape index (κ3) is 9.43. The quantitative estimate of drug-likeness (QED) is 0.240. The summed E-state index contributed by atoms with van der Waals surface area (Å²) in [5, 5.41) is 8.99. The number of Topliss-reactive ketones (excluding diaryl/α,β-unsaturated/α-hetero) is 1. The Hall–Kier alpha value is -0.190. The number of hydrogen-bond donors (Lipinski definition) is 1. The molecule has 0 amide bonds. The molecule has 0 saturated heterocycles. The first-order valence-electron chi connectivity index (χ1n) is 7.73. The van der Waals surface area contributed by atoms with Gasteiger partial charge in [-0.1, -0.05) is 58.3 Å². The predicted molar refractivity (Wildman–Crippen MR) is 83.6 cm³/mol. The summed E-state index contributed by atoms with van der Waals surface area (Å²) in [5.41, 5.74) is -1.67. The largest absolute Gasteiger partial charge is 1.00 e. The normalized spacial score (nSPS) is 13.0. The average molecular weight is 307 g/mol. The Morgan fingerprint density at radius 3 is 1.86 bits per heavy atom. The minimum absolute atomic E-state index is 0. The van der Waals surface area contributed by atoms with Gasteiger partial charge in [0.15, 0.2) is 5.78 Å². The third-order valence-corrected chi connectivity index (χ3v) is 3.78. The van der Waals surface area contributed by atoms with E-state index in [1.807, 2.05) is 0 Å². The smallest absolute Gasteiger partial charge is 1.00 e. The summed E-state index contributed by atoms with van der Waals surface area (Å²) < 4.78 is 0. The number of aliphatic carboxylic acids is 1. The van der Waals surface area contributed by atoms with Gasteiger partial charge in [0.25, 0.3) is 0 Å². The van der Waals surface area contributed by atoms with Crippen LogP contribution < -0.4 is 29.6 Å². The van der Waals surface area contributed by atoms with Crippen LogP contribution in [-0.2, 0) is 9.59 Å². The van der Waals surface area contributed by atoms with Crippen molar-refractivity contribution in [2.24, 2.45) is 4.99 Å². The van der Waals surface area contributed by atoms with E-state index in [-0.39, 0.29) is 43.2 Å². The molecule has 0 saturated carbocycles. The molecule has 118 valence electrons. The van der Waals surface area contributed by atoms with Crippen molar-refractivity contribution in [2.75, 3.05) is 0 Å². The van der Waals surface area contributed by atoms with Crippen molar-refractivity contribution in [1.82, 2.24) is 0 Å². The summed E-state index contributed by atoms with van der Waals surface area (Å²) in [4.78, 5) is 26.3. The molecule has 1 atom stereocenters. The van der Waals surface area contributed by atoms with Crippen LogP contribution in [0.5, 0.6) is 0 Å². The van der Waals surface area contributed by atoms with Crippen molar-refractivity contribution in [3.05, 3.63) is 0 Å². The van der Waals surface area contributed by atoms with E-state index in [9.17, 15) is 9.59 Å². The first-order valence-corrected chi connectivity index (χ1v) is 7.73. The monoisotopic (exact) mass is 307 g/mol.